The van der Waals surface area contributed by atoms with Crippen LogP contribution >= 0.6 is 11.3 Å². The second-order valence-corrected chi connectivity index (χ2v) is 9.89. The van der Waals surface area contributed by atoms with Crippen molar-refractivity contribution in [2.45, 2.75) is 25.7 Å². The van der Waals surface area contributed by atoms with Gasteiger partial charge in [-0.25, -0.2) is 24.3 Å². The van der Waals surface area contributed by atoms with Gasteiger partial charge in [0.25, 0.3) is 11.8 Å². The van der Waals surface area contributed by atoms with E-state index in [9.17, 15) is 22.4 Å². The number of fused-ring (bicyclic) bond motifs is 1. The minimum absolute atomic E-state index is 0.0521. The lowest BCUT2D eigenvalue weighted by atomic mass is 10.0. The number of rotatable bonds is 6. The summed E-state index contributed by atoms with van der Waals surface area (Å²) in [4.78, 5) is 29.7. The Morgan fingerprint density at radius 2 is 1.79 bits per heavy atom. The summed E-state index contributed by atoms with van der Waals surface area (Å²) in [5.74, 6) is -1.20. The summed E-state index contributed by atoms with van der Waals surface area (Å²) < 4.78 is 61.1. The molecule has 10 nitrogen and oxygen atoms in total. The predicted octanol–water partition coefficient (Wildman–Crippen LogP) is 5.60. The molecule has 2 N–H and O–H groups in total. The van der Waals surface area contributed by atoms with Crippen LogP contribution in [0.5, 0.6) is 0 Å². The first-order chi connectivity index (χ1) is 20.2. The Labute approximate surface area is 238 Å². The summed E-state index contributed by atoms with van der Waals surface area (Å²) in [6.45, 7) is 1.85. The van der Waals surface area contributed by atoms with Gasteiger partial charge < -0.3 is 15.1 Å². The molecule has 1 aliphatic heterocycles. The highest BCUT2D eigenvalue weighted by Gasteiger charge is 2.38. The topological polar surface area (TPSA) is 131 Å². The summed E-state index contributed by atoms with van der Waals surface area (Å²) in [5.41, 5.74) is 1.28. The highest BCUT2D eigenvalue weighted by molar-refractivity contribution is 7.15. The summed E-state index contributed by atoms with van der Waals surface area (Å²) in [7, 11) is 0. The molecule has 0 radical (unpaired) electrons. The van der Waals surface area contributed by atoms with Crippen LogP contribution < -0.4 is 10.6 Å². The first-order valence-corrected chi connectivity index (χ1v) is 13.3. The standard InChI is InChI=1S/C27H18F4N8O2S/c1-2-17-32-11-14(12-33-17)21-20(36-25(42-21)27(29,30)31)24-38-39-26(41-24)37-22-23(40)35-19-15(9-6-10-16(19)28)18(34-22)13-7-4-3-5-8-13/h3-12,22H,2H2,1H3,(H,35,40)(H,37,39)/t22-/m0/s1. The molecule has 5 aromatic rings. The zero-order valence-electron chi connectivity index (χ0n) is 21.5. The van der Waals surface area contributed by atoms with E-state index in [2.05, 4.69) is 40.8 Å². The van der Waals surface area contributed by atoms with Gasteiger partial charge in [-0.2, -0.15) is 13.2 Å². The van der Waals surface area contributed by atoms with E-state index in [1.807, 2.05) is 6.92 Å². The lowest BCUT2D eigenvalue weighted by molar-refractivity contribution is -0.137. The SMILES string of the molecule is CCc1ncc(-c2sc(C(F)(F)F)nc2-c2nnc(N[C@@H]3N=C(c4ccccc4)c4cccc(F)c4NC3=O)o2)cn1. The van der Waals surface area contributed by atoms with Gasteiger partial charge in [-0.05, 0) is 6.07 Å². The van der Waals surface area contributed by atoms with Crippen LogP contribution in [0, 0.1) is 5.82 Å². The van der Waals surface area contributed by atoms with Gasteiger partial charge in [0.15, 0.2) is 5.01 Å². The van der Waals surface area contributed by atoms with Crippen LogP contribution in [-0.4, -0.2) is 42.9 Å². The largest absolute Gasteiger partial charge is 0.443 e. The van der Waals surface area contributed by atoms with Crippen LogP contribution in [0.15, 0.2) is 70.3 Å². The van der Waals surface area contributed by atoms with E-state index in [1.165, 1.54) is 24.5 Å². The highest BCUT2D eigenvalue weighted by Crippen LogP contribution is 2.42. The van der Waals surface area contributed by atoms with Crippen molar-refractivity contribution in [1.82, 2.24) is 25.1 Å². The van der Waals surface area contributed by atoms with Gasteiger partial charge in [0.2, 0.25) is 6.17 Å². The molecule has 0 aliphatic carbocycles. The fourth-order valence-electron chi connectivity index (χ4n) is 4.15. The molecule has 0 spiro atoms. The number of nitrogens with zero attached hydrogens (tertiary/aromatic N) is 6. The maximum atomic E-state index is 14.7. The summed E-state index contributed by atoms with van der Waals surface area (Å²) >= 11 is 0.382. The third-order valence-corrected chi connectivity index (χ3v) is 7.26. The zero-order chi connectivity index (χ0) is 29.4. The van der Waals surface area contributed by atoms with Crippen molar-refractivity contribution >= 4 is 34.7 Å². The van der Waals surface area contributed by atoms with Gasteiger partial charge in [0.1, 0.15) is 17.3 Å². The molecule has 0 bridgehead atoms. The average molecular weight is 595 g/mol. The average Bonchev–Trinajstić information content (AvgIpc) is 3.61. The van der Waals surface area contributed by atoms with Gasteiger partial charge in [-0.1, -0.05) is 54.5 Å². The van der Waals surface area contributed by atoms with E-state index >= 15 is 0 Å². The number of amides is 1. The number of aliphatic imine (C=N–C) groups is 1. The number of hydrogen-bond donors (Lipinski definition) is 2. The van der Waals surface area contributed by atoms with Crippen molar-refractivity contribution in [3.05, 3.63) is 88.7 Å². The monoisotopic (exact) mass is 594 g/mol. The second kappa shape index (κ2) is 10.7. The number of nitrogens with one attached hydrogen (secondary N) is 2. The molecule has 42 heavy (non-hydrogen) atoms. The number of hydrogen-bond acceptors (Lipinski definition) is 10. The summed E-state index contributed by atoms with van der Waals surface area (Å²) in [5, 5.41) is 11.8. The maximum Gasteiger partial charge on any atom is 0.443 e. The second-order valence-electron chi connectivity index (χ2n) is 8.89. The summed E-state index contributed by atoms with van der Waals surface area (Å²) in [6.07, 6.45) is -2.76. The normalized spacial score (nSPS) is 15.0. The molecule has 4 heterocycles. The molecule has 3 aromatic heterocycles. The molecule has 0 saturated carbocycles. The fourth-order valence-corrected chi connectivity index (χ4v) is 5.05. The van der Waals surface area contributed by atoms with E-state index in [-0.39, 0.29) is 33.7 Å². The van der Waals surface area contributed by atoms with Gasteiger partial charge in [-0.3, -0.25) is 4.79 Å². The molecule has 1 amide bonds. The third-order valence-electron chi connectivity index (χ3n) is 6.11. The van der Waals surface area contributed by atoms with Crippen molar-refractivity contribution in [3.63, 3.8) is 0 Å². The number of aromatic nitrogens is 5. The van der Waals surface area contributed by atoms with Crippen molar-refractivity contribution in [3.8, 4) is 22.0 Å². The van der Waals surface area contributed by atoms with E-state index in [0.717, 1.165) is 0 Å². The molecular weight excluding hydrogens is 576 g/mol. The molecule has 0 saturated heterocycles. The molecule has 15 heteroatoms. The van der Waals surface area contributed by atoms with E-state index in [1.54, 1.807) is 36.4 Å². The highest BCUT2D eigenvalue weighted by atomic mass is 32.1. The Balaban J connectivity index is 1.37. The van der Waals surface area contributed by atoms with Gasteiger partial charge >= 0.3 is 12.2 Å². The Bertz CT molecular complexity index is 1800. The van der Waals surface area contributed by atoms with Crippen LogP contribution in [0.1, 0.15) is 28.9 Å². The maximum absolute atomic E-state index is 14.7. The Hall–Kier alpha value is -5.05. The number of para-hydroxylation sites is 1. The number of aryl methyl sites for hydroxylation is 1. The van der Waals surface area contributed by atoms with Crippen molar-refractivity contribution in [2.24, 2.45) is 4.99 Å². The quantitative estimate of drug-likeness (QED) is 0.243. The molecule has 2 aromatic carbocycles. The molecule has 6 rings (SSSR count). The molecule has 0 fully saturated rings. The van der Waals surface area contributed by atoms with Crippen LogP contribution in [0.25, 0.3) is 22.0 Å². The Morgan fingerprint density at radius 1 is 1.02 bits per heavy atom. The number of benzodiazepines with no additional fused rings is 1. The van der Waals surface area contributed by atoms with Crippen LogP contribution in [0.4, 0.5) is 29.3 Å². The molecule has 1 aliphatic rings. The number of carbonyl (C=O) groups excluding carboxylic acids is 1. The first kappa shape index (κ1) is 27.1. The molecule has 212 valence electrons. The van der Waals surface area contributed by atoms with Crippen molar-refractivity contribution in [2.75, 3.05) is 10.6 Å². The van der Waals surface area contributed by atoms with E-state index in [0.29, 0.717) is 40.4 Å². The zero-order valence-corrected chi connectivity index (χ0v) is 22.3. The van der Waals surface area contributed by atoms with Gasteiger partial charge in [0.05, 0.1) is 16.3 Å². The number of benzene rings is 2. The van der Waals surface area contributed by atoms with Gasteiger partial charge in [0, 0.05) is 35.5 Å². The van der Waals surface area contributed by atoms with Crippen molar-refractivity contribution < 1.29 is 26.8 Å². The summed E-state index contributed by atoms with van der Waals surface area (Å²) in [6, 6.07) is 12.9. The van der Waals surface area contributed by atoms with E-state index in [4.69, 9.17) is 4.42 Å². The fraction of sp³-hybridized carbons (Fsp3) is 0.148. The van der Waals surface area contributed by atoms with E-state index < -0.39 is 29.1 Å². The first-order valence-electron chi connectivity index (χ1n) is 12.4. The van der Waals surface area contributed by atoms with Crippen molar-refractivity contribution in [1.29, 1.82) is 0 Å². The number of alkyl halides is 3. The number of carbonyl (C=O) groups is 1. The smallest absolute Gasteiger partial charge is 0.402 e. The van der Waals surface area contributed by atoms with Crippen LogP contribution in [-0.2, 0) is 17.4 Å². The predicted molar refractivity (Wildman–Crippen MR) is 145 cm³/mol. The number of halogens is 4. The van der Waals surface area contributed by atoms with Crippen LogP contribution in [0.3, 0.4) is 0 Å². The van der Waals surface area contributed by atoms with Crippen LogP contribution in [0.2, 0.25) is 0 Å². The van der Waals surface area contributed by atoms with Gasteiger partial charge in [-0.15, -0.1) is 16.4 Å². The lowest BCUT2D eigenvalue weighted by Crippen LogP contribution is -2.32. The minimum Gasteiger partial charge on any atom is -0.402 e. The number of anilines is 2. The Kier molecular flexibility index (Phi) is 6.94. The number of thiazole rings is 1. The minimum atomic E-state index is -4.73. The molecular formula is C27H18F4N8O2S. The molecule has 0 unspecified atom stereocenters. The third kappa shape index (κ3) is 5.21. The Morgan fingerprint density at radius 3 is 2.50 bits per heavy atom. The molecule has 1 atom stereocenters. The lowest BCUT2D eigenvalue weighted by Gasteiger charge is -2.11.